The van der Waals surface area contributed by atoms with Crippen LogP contribution >= 0.6 is 0 Å². The molecule has 3 aromatic carbocycles. The second kappa shape index (κ2) is 8.87. The van der Waals surface area contributed by atoms with E-state index >= 15 is 0 Å². The molecule has 0 unspecified atom stereocenters. The Hall–Kier alpha value is -3.99. The van der Waals surface area contributed by atoms with Crippen LogP contribution in [0.15, 0.2) is 95.6 Å². The van der Waals surface area contributed by atoms with E-state index in [2.05, 4.69) is 18.2 Å². The van der Waals surface area contributed by atoms with E-state index in [0.29, 0.717) is 0 Å². The molecule has 0 bridgehead atoms. The minimum Gasteiger partial charge on any atom is -0.478 e. The van der Waals surface area contributed by atoms with Crippen LogP contribution in [0.5, 0.6) is 0 Å². The van der Waals surface area contributed by atoms with E-state index in [1.807, 2.05) is 48.5 Å². The average molecular weight is 437 g/mol. The normalized spacial score (nSPS) is 20.9. The van der Waals surface area contributed by atoms with Crippen LogP contribution in [-0.2, 0) is 0 Å². The minimum atomic E-state index is -1.12. The van der Waals surface area contributed by atoms with Crippen molar-refractivity contribution in [2.75, 3.05) is 0 Å². The summed E-state index contributed by atoms with van der Waals surface area (Å²) >= 11 is 0. The molecule has 3 aromatic rings. The first-order valence-corrected chi connectivity index (χ1v) is 11.2. The van der Waals surface area contributed by atoms with Gasteiger partial charge in [0.25, 0.3) is 5.91 Å². The van der Waals surface area contributed by atoms with Crippen molar-refractivity contribution < 1.29 is 14.7 Å². The van der Waals surface area contributed by atoms with Crippen LogP contribution in [0.1, 0.15) is 57.1 Å². The van der Waals surface area contributed by atoms with E-state index in [1.54, 1.807) is 18.2 Å². The number of benzene rings is 3. The predicted octanol–water partition coefficient (Wildman–Crippen LogP) is 5.82. The number of rotatable bonds is 4. The summed E-state index contributed by atoms with van der Waals surface area (Å²) in [7, 11) is 0. The predicted molar refractivity (Wildman–Crippen MR) is 128 cm³/mol. The number of amides is 1. The fraction of sp³-hybridized carbons (Fsp3) is 0.179. The van der Waals surface area contributed by atoms with E-state index < -0.39 is 5.97 Å². The van der Waals surface area contributed by atoms with Crippen molar-refractivity contribution in [3.05, 3.63) is 113 Å². The topological polar surface area (TPSA) is 70.0 Å². The zero-order valence-corrected chi connectivity index (χ0v) is 18.1. The van der Waals surface area contributed by atoms with Gasteiger partial charge < -0.3 is 5.11 Å². The van der Waals surface area contributed by atoms with Crippen molar-refractivity contribution in [3.8, 4) is 0 Å². The molecule has 1 N–H and O–H groups in total. The smallest absolute Gasteiger partial charge is 0.336 e. The number of carboxylic acid groups (broad SMARTS) is 1. The molecule has 0 spiro atoms. The summed E-state index contributed by atoms with van der Waals surface area (Å²) in [6.45, 7) is 0. The van der Waals surface area contributed by atoms with Crippen molar-refractivity contribution in [3.63, 3.8) is 0 Å². The minimum absolute atomic E-state index is 0.00978. The van der Waals surface area contributed by atoms with Crippen LogP contribution in [0.4, 0.5) is 0 Å². The zero-order chi connectivity index (χ0) is 22.8. The Bertz CT molecular complexity index is 1250. The monoisotopic (exact) mass is 436 g/mol. The second-order valence-electron chi connectivity index (χ2n) is 8.42. The highest BCUT2D eigenvalue weighted by atomic mass is 16.4. The molecular weight excluding hydrogens is 412 g/mol. The Morgan fingerprint density at radius 2 is 1.52 bits per heavy atom. The fourth-order valence-electron chi connectivity index (χ4n) is 4.88. The first-order valence-electron chi connectivity index (χ1n) is 11.2. The van der Waals surface area contributed by atoms with Crippen LogP contribution in [0.2, 0.25) is 0 Å². The van der Waals surface area contributed by atoms with Crippen molar-refractivity contribution in [1.82, 2.24) is 5.01 Å². The first-order chi connectivity index (χ1) is 16.1. The average Bonchev–Trinajstić information content (AvgIpc) is 3.25. The number of aromatic carboxylic acids is 1. The van der Waals surface area contributed by atoms with Gasteiger partial charge in [-0.1, -0.05) is 72.8 Å². The summed E-state index contributed by atoms with van der Waals surface area (Å²) in [5.74, 6) is -1.44. The number of nitrogens with zero attached hydrogens (tertiary/aromatic N) is 2. The van der Waals surface area contributed by atoms with Gasteiger partial charge in [0.1, 0.15) is 0 Å². The van der Waals surface area contributed by atoms with Gasteiger partial charge >= 0.3 is 5.97 Å². The molecule has 1 fully saturated rings. The molecule has 2 atom stereocenters. The lowest BCUT2D eigenvalue weighted by atomic mass is 9.77. The van der Waals surface area contributed by atoms with Gasteiger partial charge in [-0.2, -0.15) is 5.10 Å². The number of hydrogen-bond acceptors (Lipinski definition) is 3. The van der Waals surface area contributed by atoms with Gasteiger partial charge in [0.2, 0.25) is 0 Å². The Morgan fingerprint density at radius 1 is 0.879 bits per heavy atom. The summed E-state index contributed by atoms with van der Waals surface area (Å²) in [4.78, 5) is 25.5. The molecule has 33 heavy (non-hydrogen) atoms. The van der Waals surface area contributed by atoms with Gasteiger partial charge in [0.15, 0.2) is 0 Å². The molecular formula is C28H24N2O3. The molecule has 2 aliphatic rings. The SMILES string of the molecule is O=C(O)c1ccccc1C(=O)N1N=C2/C(=C/c3ccccc3)CCC[C@@H]2[C@H]1c1ccccc1. The van der Waals surface area contributed by atoms with E-state index in [-0.39, 0.29) is 29.0 Å². The zero-order valence-electron chi connectivity index (χ0n) is 18.1. The maximum Gasteiger partial charge on any atom is 0.336 e. The molecule has 0 aromatic heterocycles. The third-order valence-electron chi connectivity index (χ3n) is 6.38. The van der Waals surface area contributed by atoms with Gasteiger partial charge in [-0.05, 0) is 54.2 Å². The maximum absolute atomic E-state index is 13.7. The standard InChI is InChI=1S/C28H24N2O3/c31-27(22-15-7-8-16-23(22)28(32)33)30-26(20-12-5-2-6-13-20)24-17-9-14-21(25(24)29-30)18-19-10-3-1-4-11-19/h1-8,10-13,15-16,18,24,26H,9,14,17H2,(H,32,33)/b21-18+/t24-,26+/m0/s1. The molecule has 1 amide bonds. The van der Waals surface area contributed by atoms with Crippen molar-refractivity contribution in [2.45, 2.75) is 25.3 Å². The molecule has 5 rings (SSSR count). The van der Waals surface area contributed by atoms with Gasteiger partial charge in [-0.3, -0.25) is 4.79 Å². The Balaban J connectivity index is 1.61. The molecule has 5 nitrogen and oxygen atoms in total. The number of fused-ring (bicyclic) bond motifs is 1. The molecule has 0 radical (unpaired) electrons. The lowest BCUT2D eigenvalue weighted by Gasteiger charge is -2.29. The third kappa shape index (κ3) is 3.98. The molecule has 1 aliphatic carbocycles. The van der Waals surface area contributed by atoms with Crippen LogP contribution in [0.3, 0.4) is 0 Å². The third-order valence-corrected chi connectivity index (χ3v) is 6.38. The second-order valence-corrected chi connectivity index (χ2v) is 8.42. The van der Waals surface area contributed by atoms with E-state index in [9.17, 15) is 14.7 Å². The van der Waals surface area contributed by atoms with E-state index in [1.165, 1.54) is 11.1 Å². The van der Waals surface area contributed by atoms with Crippen molar-refractivity contribution >= 4 is 23.7 Å². The molecule has 1 heterocycles. The number of allylic oxidation sites excluding steroid dienone is 1. The number of hydrazone groups is 1. The van der Waals surface area contributed by atoms with Crippen LogP contribution in [-0.4, -0.2) is 27.7 Å². The Morgan fingerprint density at radius 3 is 2.21 bits per heavy atom. The number of carbonyl (C=O) groups is 2. The van der Waals surface area contributed by atoms with Crippen molar-refractivity contribution in [2.24, 2.45) is 11.0 Å². The van der Waals surface area contributed by atoms with Crippen molar-refractivity contribution in [1.29, 1.82) is 0 Å². The lowest BCUT2D eigenvalue weighted by Crippen LogP contribution is -2.32. The highest BCUT2D eigenvalue weighted by Crippen LogP contribution is 2.45. The number of hydrogen-bond donors (Lipinski definition) is 1. The van der Waals surface area contributed by atoms with Gasteiger partial charge in [0, 0.05) is 5.92 Å². The lowest BCUT2D eigenvalue weighted by molar-refractivity contribution is 0.0646. The Labute approximate surface area is 192 Å². The van der Waals surface area contributed by atoms with Crippen LogP contribution < -0.4 is 0 Å². The molecule has 0 saturated heterocycles. The van der Waals surface area contributed by atoms with E-state index in [0.717, 1.165) is 41.7 Å². The highest BCUT2D eigenvalue weighted by Gasteiger charge is 2.44. The first kappa shape index (κ1) is 20.9. The maximum atomic E-state index is 13.7. The van der Waals surface area contributed by atoms with Gasteiger partial charge in [0.05, 0.1) is 22.9 Å². The number of carboxylic acids is 1. The summed E-state index contributed by atoms with van der Waals surface area (Å²) < 4.78 is 0. The van der Waals surface area contributed by atoms with Gasteiger partial charge in [-0.15, -0.1) is 0 Å². The summed E-state index contributed by atoms with van der Waals surface area (Å²) in [6.07, 6.45) is 5.00. The highest BCUT2D eigenvalue weighted by molar-refractivity contribution is 6.10. The molecule has 1 aliphatic heterocycles. The summed E-state index contributed by atoms with van der Waals surface area (Å²) in [6, 6.07) is 26.1. The molecule has 5 heteroatoms. The fourth-order valence-corrected chi connectivity index (χ4v) is 4.88. The molecule has 1 saturated carbocycles. The van der Waals surface area contributed by atoms with Gasteiger partial charge in [-0.25, -0.2) is 9.80 Å². The Kier molecular flexibility index (Phi) is 5.61. The van der Waals surface area contributed by atoms with Crippen LogP contribution in [0.25, 0.3) is 6.08 Å². The summed E-state index contributed by atoms with van der Waals surface area (Å²) in [5.41, 5.74) is 4.32. The largest absolute Gasteiger partial charge is 0.478 e. The quantitative estimate of drug-likeness (QED) is 0.560. The molecule has 164 valence electrons. The number of carbonyl (C=O) groups excluding carboxylic acids is 1. The van der Waals surface area contributed by atoms with Crippen LogP contribution in [0, 0.1) is 5.92 Å². The van der Waals surface area contributed by atoms with E-state index in [4.69, 9.17) is 5.10 Å². The summed E-state index contributed by atoms with van der Waals surface area (Å²) in [5, 5.41) is 16.0.